The molecule has 1 unspecified atom stereocenters. The van der Waals surface area contributed by atoms with Gasteiger partial charge in [0.2, 0.25) is 11.9 Å². The lowest BCUT2D eigenvalue weighted by molar-refractivity contribution is -0.121. The van der Waals surface area contributed by atoms with Crippen molar-refractivity contribution < 1.29 is 4.79 Å². The summed E-state index contributed by atoms with van der Waals surface area (Å²) in [4.78, 5) is 23.2. The average molecular weight is 393 g/mol. The van der Waals surface area contributed by atoms with Gasteiger partial charge in [-0.2, -0.15) is 0 Å². The monoisotopic (exact) mass is 392 g/mol. The van der Waals surface area contributed by atoms with Crippen LogP contribution < -0.4 is 10.2 Å². The Morgan fingerprint density at radius 1 is 1.31 bits per heavy atom. The zero-order valence-corrected chi connectivity index (χ0v) is 16.4. The minimum atomic E-state index is 0.0513. The van der Waals surface area contributed by atoms with Gasteiger partial charge in [0, 0.05) is 38.4 Å². The fourth-order valence-corrected chi connectivity index (χ4v) is 3.41. The summed E-state index contributed by atoms with van der Waals surface area (Å²) in [7, 11) is 3.86. The van der Waals surface area contributed by atoms with Gasteiger partial charge in [-0.15, -0.1) is 0 Å². The van der Waals surface area contributed by atoms with Crippen molar-refractivity contribution in [1.29, 1.82) is 0 Å². The molecule has 0 radical (unpaired) electrons. The van der Waals surface area contributed by atoms with Crippen LogP contribution >= 0.6 is 23.2 Å². The van der Waals surface area contributed by atoms with E-state index >= 15 is 0 Å². The molecular formula is C19H22Cl2N4O. The molecule has 1 aromatic heterocycles. The largest absolute Gasteiger partial charge is 0.353 e. The molecule has 138 valence electrons. The van der Waals surface area contributed by atoms with Gasteiger partial charge in [-0.05, 0) is 48.9 Å². The fraction of sp³-hybridized carbons (Fsp3) is 0.421. The van der Waals surface area contributed by atoms with Crippen molar-refractivity contribution in [2.24, 2.45) is 0 Å². The van der Waals surface area contributed by atoms with Gasteiger partial charge < -0.3 is 10.2 Å². The van der Waals surface area contributed by atoms with Crippen molar-refractivity contribution in [3.05, 3.63) is 51.3 Å². The van der Waals surface area contributed by atoms with Crippen LogP contribution in [0.2, 0.25) is 10.0 Å². The van der Waals surface area contributed by atoms with Crippen molar-refractivity contribution in [3.63, 3.8) is 0 Å². The molecule has 1 atom stereocenters. The van der Waals surface area contributed by atoms with Crippen molar-refractivity contribution in [2.75, 3.05) is 19.0 Å². The number of fused-ring (bicyclic) bond motifs is 1. The Kier molecular flexibility index (Phi) is 5.99. The number of carbonyl (C=O) groups excluding carboxylic acids is 1. The molecule has 5 nitrogen and oxygen atoms in total. The van der Waals surface area contributed by atoms with Gasteiger partial charge in [-0.1, -0.05) is 29.3 Å². The number of nitrogens with one attached hydrogen (secondary N) is 1. The fourth-order valence-electron chi connectivity index (χ4n) is 3.09. The lowest BCUT2D eigenvalue weighted by Gasteiger charge is -2.25. The summed E-state index contributed by atoms with van der Waals surface area (Å²) in [6.45, 7) is 0. The third-order valence-electron chi connectivity index (χ3n) is 4.53. The molecule has 1 amide bonds. The van der Waals surface area contributed by atoms with Gasteiger partial charge in [0.25, 0.3) is 0 Å². The first-order chi connectivity index (χ1) is 12.4. The number of halogens is 2. The maximum atomic E-state index is 12.3. The number of hydrogen-bond donors (Lipinski definition) is 1. The van der Waals surface area contributed by atoms with Gasteiger partial charge in [0.15, 0.2) is 0 Å². The number of nitrogens with zero attached hydrogens (tertiary/aromatic N) is 3. The Hall–Kier alpha value is -1.85. The molecule has 0 aliphatic heterocycles. The van der Waals surface area contributed by atoms with E-state index in [1.807, 2.05) is 37.3 Å². The first-order valence-corrected chi connectivity index (χ1v) is 9.43. The molecule has 0 saturated carbocycles. The first kappa shape index (κ1) is 18.9. The molecule has 2 aromatic rings. The maximum Gasteiger partial charge on any atom is 0.224 e. The summed E-state index contributed by atoms with van der Waals surface area (Å²) < 4.78 is 0. The zero-order valence-electron chi connectivity index (χ0n) is 14.9. The van der Waals surface area contributed by atoms with E-state index in [9.17, 15) is 4.79 Å². The molecule has 1 aromatic carbocycles. The Bertz CT molecular complexity index is 810. The summed E-state index contributed by atoms with van der Waals surface area (Å²) in [5.41, 5.74) is 3.22. The molecule has 1 heterocycles. The number of aromatic nitrogens is 2. The molecule has 0 fully saturated rings. The second-order valence-corrected chi connectivity index (χ2v) is 7.61. The van der Waals surface area contributed by atoms with Crippen LogP contribution in [-0.4, -0.2) is 36.0 Å². The van der Waals surface area contributed by atoms with Crippen LogP contribution in [0.4, 0.5) is 5.95 Å². The number of anilines is 1. The lowest BCUT2D eigenvalue weighted by Crippen LogP contribution is -2.39. The number of amides is 1. The van der Waals surface area contributed by atoms with Gasteiger partial charge in [0.05, 0.1) is 10.0 Å². The molecule has 1 N–H and O–H groups in total. The summed E-state index contributed by atoms with van der Waals surface area (Å²) in [6.07, 6.45) is 5.48. The standard InChI is InChI=1S/C19H22Cl2N4O/c1-25(2)19-22-11-13-10-14(5-7-17(13)24-19)23-18(26)8-4-12-3-6-15(20)16(21)9-12/h3,6,9,11,14H,4-5,7-8,10H2,1-2H3,(H,23,26). The van der Waals surface area contributed by atoms with Crippen molar-refractivity contribution >= 4 is 35.1 Å². The van der Waals surface area contributed by atoms with Crippen LogP contribution in [0.1, 0.15) is 29.7 Å². The number of carbonyl (C=O) groups is 1. The third kappa shape index (κ3) is 4.65. The molecule has 3 rings (SSSR count). The Balaban J connectivity index is 1.53. The van der Waals surface area contributed by atoms with E-state index in [2.05, 4.69) is 15.3 Å². The third-order valence-corrected chi connectivity index (χ3v) is 5.27. The second kappa shape index (κ2) is 8.23. The lowest BCUT2D eigenvalue weighted by atomic mass is 9.92. The van der Waals surface area contributed by atoms with E-state index in [1.165, 1.54) is 0 Å². The van der Waals surface area contributed by atoms with E-state index in [-0.39, 0.29) is 11.9 Å². The van der Waals surface area contributed by atoms with Crippen molar-refractivity contribution in [2.45, 2.75) is 38.1 Å². The molecule has 0 spiro atoms. The van der Waals surface area contributed by atoms with Crippen LogP contribution in [0.5, 0.6) is 0 Å². The zero-order chi connectivity index (χ0) is 18.7. The summed E-state index contributed by atoms with van der Waals surface area (Å²) in [6, 6.07) is 5.61. The summed E-state index contributed by atoms with van der Waals surface area (Å²) in [5.74, 6) is 0.781. The number of aryl methyl sites for hydroxylation is 2. The van der Waals surface area contributed by atoms with Gasteiger partial charge in [0.1, 0.15) is 0 Å². The smallest absolute Gasteiger partial charge is 0.224 e. The Labute approximate surface area is 163 Å². The molecule has 1 aliphatic rings. The SMILES string of the molecule is CN(C)c1ncc2c(n1)CCC(NC(=O)CCc1ccc(Cl)c(Cl)c1)C2. The highest BCUT2D eigenvalue weighted by atomic mass is 35.5. The number of hydrogen-bond acceptors (Lipinski definition) is 4. The molecular weight excluding hydrogens is 371 g/mol. The first-order valence-electron chi connectivity index (χ1n) is 8.68. The minimum Gasteiger partial charge on any atom is -0.353 e. The average Bonchev–Trinajstić information content (AvgIpc) is 2.62. The topological polar surface area (TPSA) is 58.1 Å². The van der Waals surface area contributed by atoms with E-state index < -0.39 is 0 Å². The summed E-state index contributed by atoms with van der Waals surface area (Å²) >= 11 is 11.9. The predicted octanol–water partition coefficient (Wildman–Crippen LogP) is 3.46. The van der Waals surface area contributed by atoms with Gasteiger partial charge in [-0.25, -0.2) is 9.97 Å². The predicted molar refractivity (Wildman–Crippen MR) is 105 cm³/mol. The molecule has 1 aliphatic carbocycles. The van der Waals surface area contributed by atoms with Crippen LogP contribution in [0.3, 0.4) is 0 Å². The maximum absolute atomic E-state index is 12.3. The highest BCUT2D eigenvalue weighted by Crippen LogP contribution is 2.23. The van der Waals surface area contributed by atoms with E-state index in [4.69, 9.17) is 23.2 Å². The molecule has 26 heavy (non-hydrogen) atoms. The minimum absolute atomic E-state index is 0.0513. The Morgan fingerprint density at radius 3 is 2.85 bits per heavy atom. The quantitative estimate of drug-likeness (QED) is 0.846. The summed E-state index contributed by atoms with van der Waals surface area (Å²) in [5, 5.41) is 4.18. The van der Waals surface area contributed by atoms with E-state index in [0.29, 0.717) is 22.9 Å². The van der Waals surface area contributed by atoms with Gasteiger partial charge in [-0.3, -0.25) is 4.79 Å². The van der Waals surface area contributed by atoms with Crippen LogP contribution in [0.25, 0.3) is 0 Å². The molecule has 7 heteroatoms. The normalized spacial score (nSPS) is 16.1. The second-order valence-electron chi connectivity index (χ2n) is 6.79. The number of rotatable bonds is 5. The molecule has 0 bridgehead atoms. The van der Waals surface area contributed by atoms with Gasteiger partial charge >= 0.3 is 0 Å². The van der Waals surface area contributed by atoms with Crippen molar-refractivity contribution in [3.8, 4) is 0 Å². The highest BCUT2D eigenvalue weighted by molar-refractivity contribution is 6.42. The van der Waals surface area contributed by atoms with Crippen LogP contribution in [0, 0.1) is 0 Å². The molecule has 0 saturated heterocycles. The number of benzene rings is 1. The van der Waals surface area contributed by atoms with Crippen molar-refractivity contribution in [1.82, 2.24) is 15.3 Å². The van der Waals surface area contributed by atoms with Crippen LogP contribution in [0.15, 0.2) is 24.4 Å². The van der Waals surface area contributed by atoms with E-state index in [1.54, 1.807) is 6.07 Å². The Morgan fingerprint density at radius 2 is 2.12 bits per heavy atom. The highest BCUT2D eigenvalue weighted by Gasteiger charge is 2.22. The van der Waals surface area contributed by atoms with E-state index in [0.717, 1.165) is 42.0 Å². The van der Waals surface area contributed by atoms with Crippen LogP contribution in [-0.2, 0) is 24.1 Å².